The molecule has 0 unspecified atom stereocenters. The van der Waals surface area contributed by atoms with Crippen LogP contribution in [0.1, 0.15) is 34.6 Å². The summed E-state index contributed by atoms with van der Waals surface area (Å²) in [6, 6.07) is 12.2. The van der Waals surface area contributed by atoms with Crippen molar-refractivity contribution >= 4 is 5.91 Å². The van der Waals surface area contributed by atoms with Gasteiger partial charge >= 0.3 is 0 Å². The van der Waals surface area contributed by atoms with Gasteiger partial charge in [-0.3, -0.25) is 9.69 Å². The average molecular weight is 340 g/mol. The number of hydrogen-bond acceptors (Lipinski definition) is 5. The van der Waals surface area contributed by atoms with Crippen LogP contribution in [0, 0.1) is 6.92 Å². The van der Waals surface area contributed by atoms with Crippen LogP contribution in [-0.4, -0.2) is 53.3 Å². The summed E-state index contributed by atoms with van der Waals surface area (Å²) in [6.07, 6.45) is 1.44. The molecule has 1 aromatic heterocycles. The van der Waals surface area contributed by atoms with Gasteiger partial charge in [-0.2, -0.15) is 10.2 Å². The number of morpholine rings is 1. The minimum Gasteiger partial charge on any atom is -0.373 e. The third-order valence-corrected chi connectivity index (χ3v) is 4.62. The lowest BCUT2D eigenvalue weighted by Gasteiger charge is -2.41. The molecule has 6 heteroatoms. The number of carbonyl (C=O) groups is 1. The van der Waals surface area contributed by atoms with Gasteiger partial charge in [-0.15, -0.1) is 0 Å². The number of aryl methyl sites for hydroxylation is 1. The van der Waals surface area contributed by atoms with Crippen molar-refractivity contribution < 1.29 is 9.53 Å². The quantitative estimate of drug-likeness (QED) is 0.901. The van der Waals surface area contributed by atoms with Crippen LogP contribution < -0.4 is 5.32 Å². The summed E-state index contributed by atoms with van der Waals surface area (Å²) in [5, 5.41) is 10.7. The SMILES string of the molecule is CCN1CCO[C@@H](CNC(=O)c2ccnnc2C)[C@@H]1c1ccccc1. The summed E-state index contributed by atoms with van der Waals surface area (Å²) in [7, 11) is 0. The number of amides is 1. The normalized spacial score (nSPS) is 21.0. The zero-order valence-corrected chi connectivity index (χ0v) is 14.7. The van der Waals surface area contributed by atoms with E-state index in [-0.39, 0.29) is 18.1 Å². The molecule has 0 bridgehead atoms. The van der Waals surface area contributed by atoms with Crippen molar-refractivity contribution in [1.82, 2.24) is 20.4 Å². The largest absolute Gasteiger partial charge is 0.373 e. The van der Waals surface area contributed by atoms with Gasteiger partial charge in [-0.25, -0.2) is 0 Å². The predicted molar refractivity (Wildman–Crippen MR) is 95.3 cm³/mol. The zero-order chi connectivity index (χ0) is 17.6. The van der Waals surface area contributed by atoms with Gasteiger partial charge in [0.05, 0.1) is 36.2 Å². The van der Waals surface area contributed by atoms with Gasteiger partial charge in [0.1, 0.15) is 0 Å². The number of nitrogens with zero attached hydrogens (tertiary/aromatic N) is 3. The predicted octanol–water partition coefficient (Wildman–Crippen LogP) is 1.98. The van der Waals surface area contributed by atoms with Crippen LogP contribution in [0.4, 0.5) is 0 Å². The minimum atomic E-state index is -0.142. The molecule has 6 nitrogen and oxygen atoms in total. The molecule has 1 fully saturated rings. The Morgan fingerprint density at radius 1 is 1.32 bits per heavy atom. The zero-order valence-electron chi connectivity index (χ0n) is 14.7. The Kier molecular flexibility index (Phi) is 5.73. The Labute approximate surface area is 148 Å². The third-order valence-electron chi connectivity index (χ3n) is 4.62. The third kappa shape index (κ3) is 4.03. The maximum Gasteiger partial charge on any atom is 0.253 e. The number of nitrogens with one attached hydrogen (secondary N) is 1. The van der Waals surface area contributed by atoms with Crippen molar-refractivity contribution in [2.45, 2.75) is 26.0 Å². The van der Waals surface area contributed by atoms with E-state index in [0.717, 1.165) is 13.1 Å². The number of hydrogen-bond donors (Lipinski definition) is 1. The Balaban J connectivity index is 1.73. The van der Waals surface area contributed by atoms with Crippen LogP contribution in [-0.2, 0) is 4.74 Å². The number of carbonyl (C=O) groups excluding carboxylic acids is 1. The summed E-state index contributed by atoms with van der Waals surface area (Å²) < 4.78 is 6.01. The topological polar surface area (TPSA) is 67.3 Å². The molecule has 2 aromatic rings. The van der Waals surface area contributed by atoms with Crippen LogP contribution in [0.15, 0.2) is 42.6 Å². The van der Waals surface area contributed by atoms with Crippen molar-refractivity contribution in [2.24, 2.45) is 0 Å². The fourth-order valence-electron chi connectivity index (χ4n) is 3.32. The highest BCUT2D eigenvalue weighted by atomic mass is 16.5. The Morgan fingerprint density at radius 3 is 2.84 bits per heavy atom. The molecule has 1 aromatic carbocycles. The van der Waals surface area contributed by atoms with Crippen molar-refractivity contribution in [1.29, 1.82) is 0 Å². The first kappa shape index (κ1) is 17.5. The average Bonchev–Trinajstić information content (AvgIpc) is 2.66. The van der Waals surface area contributed by atoms with Crippen molar-refractivity contribution in [3.05, 3.63) is 59.4 Å². The molecule has 3 rings (SSSR count). The lowest BCUT2D eigenvalue weighted by atomic mass is 9.97. The fourth-order valence-corrected chi connectivity index (χ4v) is 3.32. The van der Waals surface area contributed by atoms with E-state index >= 15 is 0 Å². The number of benzene rings is 1. The number of likely N-dealkylation sites (N-methyl/N-ethyl adjacent to an activating group) is 1. The van der Waals surface area contributed by atoms with Crippen LogP contribution in [0.5, 0.6) is 0 Å². The van der Waals surface area contributed by atoms with E-state index < -0.39 is 0 Å². The monoisotopic (exact) mass is 340 g/mol. The second kappa shape index (κ2) is 8.18. The molecule has 2 heterocycles. The highest BCUT2D eigenvalue weighted by Gasteiger charge is 2.33. The van der Waals surface area contributed by atoms with Crippen LogP contribution in [0.2, 0.25) is 0 Å². The summed E-state index contributed by atoms with van der Waals surface area (Å²) >= 11 is 0. The van der Waals surface area contributed by atoms with Crippen LogP contribution in [0.3, 0.4) is 0 Å². The van der Waals surface area contributed by atoms with E-state index in [9.17, 15) is 4.79 Å². The smallest absolute Gasteiger partial charge is 0.253 e. The number of rotatable bonds is 5. The highest BCUT2D eigenvalue weighted by Crippen LogP contribution is 2.29. The molecule has 25 heavy (non-hydrogen) atoms. The van der Waals surface area contributed by atoms with Gasteiger partial charge in [-0.05, 0) is 25.1 Å². The van der Waals surface area contributed by atoms with E-state index in [1.54, 1.807) is 13.0 Å². The molecule has 1 aliphatic heterocycles. The molecule has 2 atom stereocenters. The second-order valence-electron chi connectivity index (χ2n) is 6.13. The first-order valence-corrected chi connectivity index (χ1v) is 8.67. The highest BCUT2D eigenvalue weighted by molar-refractivity contribution is 5.95. The number of ether oxygens (including phenoxy) is 1. The van der Waals surface area contributed by atoms with Gasteiger partial charge in [0, 0.05) is 13.1 Å². The van der Waals surface area contributed by atoms with Crippen molar-refractivity contribution in [3.63, 3.8) is 0 Å². The lowest BCUT2D eigenvalue weighted by Crippen LogP contribution is -2.49. The second-order valence-corrected chi connectivity index (χ2v) is 6.13. The maximum atomic E-state index is 12.5. The van der Waals surface area contributed by atoms with Crippen LogP contribution in [0.25, 0.3) is 0 Å². The lowest BCUT2D eigenvalue weighted by molar-refractivity contribution is -0.0685. The van der Waals surface area contributed by atoms with E-state index in [4.69, 9.17) is 4.74 Å². The Morgan fingerprint density at radius 2 is 2.12 bits per heavy atom. The van der Waals surface area contributed by atoms with E-state index in [1.807, 2.05) is 18.2 Å². The molecular weight excluding hydrogens is 316 g/mol. The molecule has 1 amide bonds. The maximum absolute atomic E-state index is 12.5. The van der Waals surface area contributed by atoms with Crippen molar-refractivity contribution in [3.8, 4) is 0 Å². The molecule has 0 aliphatic carbocycles. The number of aromatic nitrogens is 2. The van der Waals surface area contributed by atoms with Gasteiger partial charge < -0.3 is 10.1 Å². The van der Waals surface area contributed by atoms with Gasteiger partial charge in [0.25, 0.3) is 5.91 Å². The molecule has 1 aliphatic rings. The van der Waals surface area contributed by atoms with Gasteiger partial charge in [-0.1, -0.05) is 37.3 Å². The minimum absolute atomic E-state index is 0.0878. The first-order valence-electron chi connectivity index (χ1n) is 8.67. The van der Waals surface area contributed by atoms with Crippen LogP contribution >= 0.6 is 0 Å². The molecule has 0 spiro atoms. The molecule has 1 saturated heterocycles. The first-order chi connectivity index (χ1) is 12.2. The molecule has 0 radical (unpaired) electrons. The summed E-state index contributed by atoms with van der Waals surface area (Å²) in [4.78, 5) is 14.9. The van der Waals surface area contributed by atoms with Gasteiger partial charge in [0.15, 0.2) is 0 Å². The standard InChI is InChI=1S/C19H24N4O2/c1-3-23-11-12-25-17(18(23)15-7-5-4-6-8-15)13-20-19(24)16-9-10-21-22-14(16)2/h4-10,17-18H,3,11-13H2,1-2H3,(H,20,24)/t17-,18-/m0/s1. The van der Waals surface area contributed by atoms with Crippen molar-refractivity contribution in [2.75, 3.05) is 26.2 Å². The Bertz CT molecular complexity index is 708. The molecule has 132 valence electrons. The Hall–Kier alpha value is -2.31. The van der Waals surface area contributed by atoms with E-state index in [2.05, 4.69) is 39.5 Å². The summed E-state index contributed by atoms with van der Waals surface area (Å²) in [5.41, 5.74) is 2.39. The molecular formula is C19H24N4O2. The molecule has 0 saturated carbocycles. The van der Waals surface area contributed by atoms with E-state index in [1.165, 1.54) is 11.8 Å². The fraction of sp³-hybridized carbons (Fsp3) is 0.421. The summed E-state index contributed by atoms with van der Waals surface area (Å²) in [5.74, 6) is -0.142. The van der Waals surface area contributed by atoms with Gasteiger partial charge in [0.2, 0.25) is 0 Å². The van der Waals surface area contributed by atoms with E-state index in [0.29, 0.717) is 24.4 Å². The molecule has 1 N–H and O–H groups in total. The summed E-state index contributed by atoms with van der Waals surface area (Å²) in [6.45, 7) is 6.91.